The van der Waals surface area contributed by atoms with Crippen LogP contribution >= 0.6 is 0 Å². The molecule has 2 aliphatic carbocycles. The Bertz CT molecular complexity index is 1540. The molecule has 2 atom stereocenters. The van der Waals surface area contributed by atoms with Crippen LogP contribution in [0.3, 0.4) is 0 Å². The van der Waals surface area contributed by atoms with Crippen molar-refractivity contribution in [3.63, 3.8) is 0 Å². The summed E-state index contributed by atoms with van der Waals surface area (Å²) in [4.78, 5) is 0. The van der Waals surface area contributed by atoms with Gasteiger partial charge in [-0.1, -0.05) is 146 Å². The lowest BCUT2D eigenvalue weighted by Crippen LogP contribution is -2.11. The van der Waals surface area contributed by atoms with Gasteiger partial charge in [-0.25, -0.2) is 0 Å². The van der Waals surface area contributed by atoms with Gasteiger partial charge in [0, 0.05) is 11.8 Å². The lowest BCUT2D eigenvalue weighted by atomic mass is 9.78. The summed E-state index contributed by atoms with van der Waals surface area (Å²) in [5.41, 5.74) is 13.7. The Morgan fingerprint density at radius 3 is 1.13 bits per heavy atom. The fraction of sp³-hybridized carbons (Fsp3) is 0.105. The summed E-state index contributed by atoms with van der Waals surface area (Å²) >= 11 is 0. The number of rotatable bonds is 2. The van der Waals surface area contributed by atoms with Crippen molar-refractivity contribution in [1.29, 1.82) is 0 Å². The zero-order valence-corrected chi connectivity index (χ0v) is 21.4. The van der Waals surface area contributed by atoms with Crippen molar-refractivity contribution in [2.75, 3.05) is 0 Å². The molecule has 0 heterocycles. The van der Waals surface area contributed by atoms with Crippen LogP contribution in [0.4, 0.5) is 0 Å². The van der Waals surface area contributed by atoms with Gasteiger partial charge in [0.05, 0.1) is 0 Å². The van der Waals surface area contributed by atoms with Crippen molar-refractivity contribution >= 4 is 24.3 Å². The van der Waals surface area contributed by atoms with Gasteiger partial charge in [-0.2, -0.15) is 0 Å². The zero-order valence-electron chi connectivity index (χ0n) is 21.4. The van der Waals surface area contributed by atoms with Crippen LogP contribution in [0.15, 0.2) is 121 Å². The van der Waals surface area contributed by atoms with Crippen LogP contribution in [0, 0.1) is 0 Å². The highest BCUT2D eigenvalue weighted by Crippen LogP contribution is 2.38. The van der Waals surface area contributed by atoms with Gasteiger partial charge in [-0.05, 0) is 68.5 Å². The first-order valence-corrected chi connectivity index (χ1v) is 13.6. The maximum absolute atomic E-state index is 2.38. The summed E-state index contributed by atoms with van der Waals surface area (Å²) in [5, 5.41) is 0. The number of benzene rings is 5. The molecule has 0 saturated heterocycles. The topological polar surface area (TPSA) is 0 Å². The first-order valence-electron chi connectivity index (χ1n) is 13.6. The molecule has 0 N–H and O–H groups in total. The van der Waals surface area contributed by atoms with E-state index in [2.05, 4.69) is 146 Å². The monoisotopic (exact) mass is 486 g/mol. The molecular formula is C38H30. The van der Waals surface area contributed by atoms with Gasteiger partial charge in [-0.15, -0.1) is 0 Å². The molecule has 0 aliphatic heterocycles. The highest BCUT2D eigenvalue weighted by Gasteiger charge is 2.23. The smallest absolute Gasteiger partial charge is 0.0136 e. The number of fused-ring (bicyclic) bond motifs is 4. The standard InChI is InChI=1S/C38H30/c1-3-13-33-25-37(35-15-7-5-11-29(35)19-17-27(33)9-1)31-21-23-32(24-22-31)38-26-34-14-4-2-10-28(34)18-20-30-12-6-8-16-36(30)38/h1-24,37-38H,25-26H2/b19-17-,20-18-. The normalized spacial score (nSPS) is 19.3. The van der Waals surface area contributed by atoms with Crippen LogP contribution in [0.5, 0.6) is 0 Å². The van der Waals surface area contributed by atoms with E-state index in [9.17, 15) is 0 Å². The van der Waals surface area contributed by atoms with E-state index in [1.807, 2.05) is 0 Å². The van der Waals surface area contributed by atoms with Crippen molar-refractivity contribution in [3.8, 4) is 0 Å². The fourth-order valence-electron chi connectivity index (χ4n) is 6.30. The summed E-state index contributed by atoms with van der Waals surface area (Å²) in [6.07, 6.45) is 11.1. The zero-order chi connectivity index (χ0) is 25.3. The van der Waals surface area contributed by atoms with Crippen LogP contribution < -0.4 is 0 Å². The number of hydrogen-bond donors (Lipinski definition) is 0. The number of hydrogen-bond acceptors (Lipinski definition) is 0. The highest BCUT2D eigenvalue weighted by atomic mass is 14.3. The van der Waals surface area contributed by atoms with E-state index in [1.54, 1.807) is 0 Å². The minimum absolute atomic E-state index is 0.319. The highest BCUT2D eigenvalue weighted by molar-refractivity contribution is 5.75. The van der Waals surface area contributed by atoms with E-state index < -0.39 is 0 Å². The molecule has 0 bridgehead atoms. The van der Waals surface area contributed by atoms with E-state index in [4.69, 9.17) is 0 Å². The molecule has 0 radical (unpaired) electrons. The largest absolute Gasteiger partial charge is 0.0620 e. The minimum Gasteiger partial charge on any atom is -0.0620 e. The van der Waals surface area contributed by atoms with Crippen LogP contribution in [0.1, 0.15) is 67.5 Å². The first kappa shape index (κ1) is 22.8. The van der Waals surface area contributed by atoms with E-state index in [0.29, 0.717) is 11.8 Å². The predicted molar refractivity (Wildman–Crippen MR) is 161 cm³/mol. The Balaban J connectivity index is 1.30. The Kier molecular flexibility index (Phi) is 5.87. The predicted octanol–water partition coefficient (Wildman–Crippen LogP) is 9.40. The molecule has 0 fully saturated rings. The average molecular weight is 487 g/mol. The van der Waals surface area contributed by atoms with E-state index >= 15 is 0 Å². The molecule has 7 rings (SSSR count). The lowest BCUT2D eigenvalue weighted by Gasteiger charge is -2.26. The Morgan fingerprint density at radius 2 is 0.684 bits per heavy atom. The summed E-state index contributed by atoms with van der Waals surface area (Å²) in [7, 11) is 0. The van der Waals surface area contributed by atoms with E-state index in [0.717, 1.165) is 12.8 Å². The van der Waals surface area contributed by atoms with Gasteiger partial charge in [0.1, 0.15) is 0 Å². The van der Waals surface area contributed by atoms with Crippen LogP contribution in [-0.4, -0.2) is 0 Å². The third kappa shape index (κ3) is 4.23. The molecule has 0 saturated carbocycles. The molecule has 2 aliphatic rings. The SMILES string of the molecule is C1=C\c2ccccc2C(c2ccc(C3Cc4ccccc4/C=C\c4ccccc43)cc2)Cc2ccccc2/1. The lowest BCUT2D eigenvalue weighted by molar-refractivity contribution is 0.785. The quantitative estimate of drug-likeness (QED) is 0.233. The molecule has 0 heteroatoms. The summed E-state index contributed by atoms with van der Waals surface area (Å²) in [6.45, 7) is 0. The average Bonchev–Trinajstić information content (AvgIpc) is 2.96. The van der Waals surface area contributed by atoms with Crippen LogP contribution in [0.2, 0.25) is 0 Å². The Morgan fingerprint density at radius 1 is 0.342 bits per heavy atom. The first-order chi connectivity index (χ1) is 18.8. The van der Waals surface area contributed by atoms with Gasteiger partial charge in [0.25, 0.3) is 0 Å². The molecule has 5 aromatic carbocycles. The van der Waals surface area contributed by atoms with Gasteiger partial charge < -0.3 is 0 Å². The third-order valence-electron chi connectivity index (χ3n) is 8.33. The van der Waals surface area contributed by atoms with E-state index in [1.165, 1.54) is 55.6 Å². The fourth-order valence-corrected chi connectivity index (χ4v) is 6.30. The van der Waals surface area contributed by atoms with Crippen LogP contribution in [0.25, 0.3) is 24.3 Å². The minimum atomic E-state index is 0.319. The molecule has 0 aromatic heterocycles. The van der Waals surface area contributed by atoms with Gasteiger partial charge in [0.15, 0.2) is 0 Å². The maximum Gasteiger partial charge on any atom is 0.0136 e. The molecule has 5 aromatic rings. The van der Waals surface area contributed by atoms with Crippen molar-refractivity contribution < 1.29 is 0 Å². The van der Waals surface area contributed by atoms with Crippen molar-refractivity contribution in [2.45, 2.75) is 24.7 Å². The third-order valence-corrected chi connectivity index (χ3v) is 8.33. The summed E-state index contributed by atoms with van der Waals surface area (Å²) in [5.74, 6) is 0.638. The van der Waals surface area contributed by atoms with Crippen molar-refractivity contribution in [2.24, 2.45) is 0 Å². The molecule has 0 nitrogen and oxygen atoms in total. The Hall–Kier alpha value is -4.42. The van der Waals surface area contributed by atoms with Gasteiger partial charge in [0.2, 0.25) is 0 Å². The molecule has 0 amide bonds. The Labute approximate surface area is 225 Å². The van der Waals surface area contributed by atoms with Crippen molar-refractivity contribution in [3.05, 3.63) is 177 Å². The molecule has 38 heavy (non-hydrogen) atoms. The van der Waals surface area contributed by atoms with E-state index in [-0.39, 0.29) is 0 Å². The van der Waals surface area contributed by atoms with Crippen LogP contribution in [-0.2, 0) is 12.8 Å². The maximum atomic E-state index is 2.38. The van der Waals surface area contributed by atoms with Gasteiger partial charge >= 0.3 is 0 Å². The second-order valence-corrected chi connectivity index (χ2v) is 10.5. The second kappa shape index (κ2) is 9.80. The molecular weight excluding hydrogens is 456 g/mol. The summed E-state index contributed by atoms with van der Waals surface area (Å²) in [6, 6.07) is 44.9. The van der Waals surface area contributed by atoms with Gasteiger partial charge in [-0.3, -0.25) is 0 Å². The molecule has 182 valence electrons. The summed E-state index contributed by atoms with van der Waals surface area (Å²) < 4.78 is 0. The molecule has 0 spiro atoms. The molecule has 2 unspecified atom stereocenters. The second-order valence-electron chi connectivity index (χ2n) is 10.5. The van der Waals surface area contributed by atoms with Crippen molar-refractivity contribution in [1.82, 2.24) is 0 Å².